The molecule has 0 spiro atoms. The number of piperazine rings is 1. The van der Waals surface area contributed by atoms with Gasteiger partial charge < -0.3 is 20.1 Å². The average molecular weight is 509 g/mol. The number of H-pyrrole nitrogens is 2. The summed E-state index contributed by atoms with van der Waals surface area (Å²) in [6.07, 6.45) is 9.73. The van der Waals surface area contributed by atoms with E-state index in [-0.39, 0.29) is 5.91 Å². The Morgan fingerprint density at radius 3 is 2.63 bits per heavy atom. The molecular weight excluding hydrogens is 476 g/mol. The molecule has 1 saturated heterocycles. The maximum Gasteiger partial charge on any atom is 0.224 e. The van der Waals surface area contributed by atoms with Gasteiger partial charge >= 0.3 is 0 Å². The Kier molecular flexibility index (Phi) is 6.51. The number of pyridine rings is 2. The molecule has 4 aromatic heterocycles. The highest BCUT2D eigenvalue weighted by atomic mass is 16.1. The first-order chi connectivity index (χ1) is 18.6. The second-order valence-corrected chi connectivity index (χ2v) is 10.0. The molecule has 9 nitrogen and oxygen atoms in total. The second-order valence-electron chi connectivity index (χ2n) is 10.0. The summed E-state index contributed by atoms with van der Waals surface area (Å²) in [5.41, 5.74) is 7.56. The van der Waals surface area contributed by atoms with Gasteiger partial charge in [0.2, 0.25) is 5.91 Å². The first-order valence-electron chi connectivity index (χ1n) is 13.2. The van der Waals surface area contributed by atoms with Crippen LogP contribution in [-0.2, 0) is 4.79 Å². The van der Waals surface area contributed by atoms with E-state index in [0.29, 0.717) is 12.1 Å². The predicted molar refractivity (Wildman–Crippen MR) is 152 cm³/mol. The Morgan fingerprint density at radius 2 is 1.79 bits per heavy atom. The van der Waals surface area contributed by atoms with Crippen molar-refractivity contribution < 1.29 is 4.79 Å². The number of rotatable bonds is 7. The summed E-state index contributed by atoms with van der Waals surface area (Å²) in [6, 6.07) is 10.4. The Hall–Kier alpha value is -4.24. The van der Waals surface area contributed by atoms with Crippen molar-refractivity contribution in [1.82, 2.24) is 30.0 Å². The predicted octanol–water partition coefficient (Wildman–Crippen LogP) is 5.05. The van der Waals surface area contributed by atoms with Gasteiger partial charge in [-0.05, 0) is 43.3 Å². The minimum Gasteiger partial charge on any atom is -0.367 e. The van der Waals surface area contributed by atoms with Crippen LogP contribution in [-0.4, -0.2) is 69.2 Å². The van der Waals surface area contributed by atoms with Gasteiger partial charge in [-0.2, -0.15) is 5.10 Å². The van der Waals surface area contributed by atoms with Gasteiger partial charge in [0.1, 0.15) is 5.69 Å². The number of hydrogen-bond acceptors (Lipinski definition) is 6. The lowest BCUT2D eigenvalue weighted by Crippen LogP contribution is -2.44. The van der Waals surface area contributed by atoms with Crippen LogP contribution >= 0.6 is 0 Å². The molecule has 1 aliphatic rings. The minimum atomic E-state index is 0.0163. The number of carbonyl (C=O) groups excluding carboxylic acids is 1. The molecule has 194 valence electrons. The topological polar surface area (TPSA) is 106 Å². The van der Waals surface area contributed by atoms with E-state index in [1.807, 2.05) is 36.8 Å². The Bertz CT molecular complexity index is 1600. The highest BCUT2D eigenvalue weighted by Crippen LogP contribution is 2.35. The number of aromatic amines is 2. The maximum absolute atomic E-state index is 12.2. The van der Waals surface area contributed by atoms with E-state index in [1.165, 1.54) is 0 Å². The summed E-state index contributed by atoms with van der Waals surface area (Å²) in [7, 11) is 2.16. The summed E-state index contributed by atoms with van der Waals surface area (Å²) in [5, 5.41) is 13.0. The molecule has 0 saturated carbocycles. The third-order valence-electron chi connectivity index (χ3n) is 7.30. The summed E-state index contributed by atoms with van der Waals surface area (Å²) >= 11 is 0. The van der Waals surface area contributed by atoms with Gasteiger partial charge in [0.05, 0.1) is 46.7 Å². The number of anilines is 2. The quantitative estimate of drug-likeness (QED) is 0.284. The normalized spacial score (nSPS) is 14.4. The van der Waals surface area contributed by atoms with Gasteiger partial charge in [-0.15, -0.1) is 0 Å². The van der Waals surface area contributed by atoms with E-state index in [9.17, 15) is 4.79 Å². The zero-order chi connectivity index (χ0) is 26.1. The highest BCUT2D eigenvalue weighted by Gasteiger charge is 2.19. The molecule has 1 aliphatic heterocycles. The number of fused-ring (bicyclic) bond motifs is 2. The van der Waals surface area contributed by atoms with Gasteiger partial charge in [0.15, 0.2) is 0 Å². The number of hydrogen-bond donors (Lipinski definition) is 3. The molecule has 1 aromatic carbocycles. The van der Waals surface area contributed by atoms with Crippen molar-refractivity contribution in [2.45, 2.75) is 26.2 Å². The van der Waals surface area contributed by atoms with E-state index in [1.54, 1.807) is 6.20 Å². The van der Waals surface area contributed by atoms with Crippen LogP contribution in [0.5, 0.6) is 0 Å². The van der Waals surface area contributed by atoms with Crippen molar-refractivity contribution in [3.05, 3.63) is 55.1 Å². The number of benzene rings is 1. The molecule has 0 atom stereocenters. The van der Waals surface area contributed by atoms with E-state index in [4.69, 9.17) is 0 Å². The van der Waals surface area contributed by atoms with E-state index in [2.05, 4.69) is 66.4 Å². The molecule has 0 bridgehead atoms. The first-order valence-corrected chi connectivity index (χ1v) is 13.2. The van der Waals surface area contributed by atoms with Crippen molar-refractivity contribution >= 4 is 39.1 Å². The van der Waals surface area contributed by atoms with Crippen molar-refractivity contribution in [2.75, 3.05) is 43.4 Å². The van der Waals surface area contributed by atoms with Gasteiger partial charge in [-0.1, -0.05) is 19.4 Å². The fourth-order valence-corrected chi connectivity index (χ4v) is 5.09. The molecule has 0 aliphatic carbocycles. The summed E-state index contributed by atoms with van der Waals surface area (Å²) in [6.45, 7) is 6.13. The van der Waals surface area contributed by atoms with Crippen LogP contribution in [0.2, 0.25) is 0 Å². The molecule has 1 amide bonds. The molecule has 6 rings (SSSR count). The standard InChI is InChI=1S/C29H32N8O/c1-3-4-5-28(38)32-21-12-20(15-30-16-21)19-6-7-24-23(13-19)29(35-34-24)25-14-22-26(33-25)17-31-18-27(22)37-10-8-36(2)9-11-37/h6-7,12-18,33H,3-5,8-11H2,1-2H3,(H,32,38)(H,34,35). The van der Waals surface area contributed by atoms with Crippen molar-refractivity contribution in [3.63, 3.8) is 0 Å². The average Bonchev–Trinajstić information content (AvgIpc) is 3.56. The third-order valence-corrected chi connectivity index (χ3v) is 7.30. The second kappa shape index (κ2) is 10.3. The van der Waals surface area contributed by atoms with Crippen LogP contribution in [0.1, 0.15) is 26.2 Å². The van der Waals surface area contributed by atoms with Crippen molar-refractivity contribution in [3.8, 4) is 22.5 Å². The molecule has 38 heavy (non-hydrogen) atoms. The first kappa shape index (κ1) is 24.1. The van der Waals surface area contributed by atoms with Crippen LogP contribution in [0, 0.1) is 0 Å². The fourth-order valence-electron chi connectivity index (χ4n) is 5.09. The maximum atomic E-state index is 12.2. The molecule has 0 unspecified atom stereocenters. The number of amides is 1. The van der Waals surface area contributed by atoms with E-state index < -0.39 is 0 Å². The number of nitrogens with zero attached hydrogens (tertiary/aromatic N) is 5. The Labute approximate surface area is 221 Å². The van der Waals surface area contributed by atoms with Crippen molar-refractivity contribution in [2.24, 2.45) is 0 Å². The van der Waals surface area contributed by atoms with Crippen LogP contribution in [0.15, 0.2) is 55.1 Å². The molecule has 9 heteroatoms. The van der Waals surface area contributed by atoms with Crippen LogP contribution in [0.4, 0.5) is 11.4 Å². The van der Waals surface area contributed by atoms with E-state index in [0.717, 1.165) is 89.0 Å². The third kappa shape index (κ3) is 4.72. The number of unbranched alkanes of at least 4 members (excludes halogenated alkanes) is 1. The van der Waals surface area contributed by atoms with Crippen LogP contribution in [0.25, 0.3) is 44.3 Å². The molecule has 5 aromatic rings. The summed E-state index contributed by atoms with van der Waals surface area (Å²) < 4.78 is 0. The molecule has 5 heterocycles. The highest BCUT2D eigenvalue weighted by molar-refractivity contribution is 6.00. The lowest BCUT2D eigenvalue weighted by molar-refractivity contribution is -0.116. The van der Waals surface area contributed by atoms with E-state index >= 15 is 0 Å². The Balaban J connectivity index is 1.33. The van der Waals surface area contributed by atoms with Crippen LogP contribution in [0.3, 0.4) is 0 Å². The minimum absolute atomic E-state index is 0.0163. The summed E-state index contributed by atoms with van der Waals surface area (Å²) in [4.78, 5) is 29.4. The smallest absolute Gasteiger partial charge is 0.224 e. The number of likely N-dealkylation sites (N-methyl/N-ethyl adjacent to an activating group) is 1. The van der Waals surface area contributed by atoms with Gasteiger partial charge in [-0.25, -0.2) is 0 Å². The lowest BCUT2D eigenvalue weighted by Gasteiger charge is -2.34. The number of carbonyl (C=O) groups is 1. The van der Waals surface area contributed by atoms with Gasteiger partial charge in [-0.3, -0.25) is 19.9 Å². The molecular formula is C29H32N8O. The largest absolute Gasteiger partial charge is 0.367 e. The number of nitrogens with one attached hydrogen (secondary N) is 3. The monoisotopic (exact) mass is 508 g/mol. The summed E-state index contributed by atoms with van der Waals surface area (Å²) in [5.74, 6) is 0.0163. The molecule has 3 N–H and O–H groups in total. The molecule has 0 radical (unpaired) electrons. The lowest BCUT2D eigenvalue weighted by atomic mass is 10.0. The fraction of sp³-hybridized carbons (Fsp3) is 0.310. The van der Waals surface area contributed by atoms with Crippen LogP contribution < -0.4 is 10.2 Å². The zero-order valence-electron chi connectivity index (χ0n) is 21.8. The van der Waals surface area contributed by atoms with Crippen molar-refractivity contribution in [1.29, 1.82) is 0 Å². The van der Waals surface area contributed by atoms with Gasteiger partial charge in [0.25, 0.3) is 0 Å². The number of aromatic nitrogens is 5. The molecule has 1 fully saturated rings. The Morgan fingerprint density at radius 1 is 0.947 bits per heavy atom. The zero-order valence-corrected chi connectivity index (χ0v) is 21.8. The SMILES string of the molecule is CCCCC(=O)Nc1cncc(-c2ccc3[nH]nc(-c4cc5c(N6CCN(C)CC6)cncc5[nH]4)c3c2)c1. The van der Waals surface area contributed by atoms with Gasteiger partial charge in [0, 0.05) is 55.1 Å².